The van der Waals surface area contributed by atoms with Crippen molar-refractivity contribution in [3.63, 3.8) is 0 Å². The van der Waals surface area contributed by atoms with Gasteiger partial charge < -0.3 is 4.74 Å². The van der Waals surface area contributed by atoms with Crippen molar-refractivity contribution < 1.29 is 4.74 Å². The predicted molar refractivity (Wildman–Crippen MR) is 46.6 cm³/mol. The molecule has 0 saturated carbocycles. The van der Waals surface area contributed by atoms with E-state index < -0.39 is 3.78 Å². The molecule has 0 bridgehead atoms. The lowest BCUT2D eigenvalue weighted by atomic mass is 10.1. The summed E-state index contributed by atoms with van der Waals surface area (Å²) in [6.07, 6.45) is 7.47. The van der Waals surface area contributed by atoms with Gasteiger partial charge in [0.1, 0.15) is 9.89 Å². The molecule has 0 aromatic rings. The van der Waals surface area contributed by atoms with Crippen LogP contribution in [0.5, 0.6) is 0 Å². The highest BCUT2D eigenvalue weighted by molar-refractivity contribution is 9.10. The second-order valence-corrected chi connectivity index (χ2v) is 4.47. The summed E-state index contributed by atoms with van der Waals surface area (Å²) in [7, 11) is 1.63. The number of halogens is 2. The first-order valence-electron chi connectivity index (χ1n) is 2.93. The fourth-order valence-corrected chi connectivity index (χ4v) is 1.53. The minimum atomic E-state index is -0.559. The Labute approximate surface area is 73.8 Å². The van der Waals surface area contributed by atoms with Crippen LogP contribution in [0.2, 0.25) is 0 Å². The van der Waals surface area contributed by atoms with Crippen molar-refractivity contribution in [2.24, 2.45) is 0 Å². The Hall–Kier alpha value is 0.210. The summed E-state index contributed by atoms with van der Waals surface area (Å²) in [6, 6.07) is 0. The first kappa shape index (κ1) is 8.31. The summed E-state index contributed by atoms with van der Waals surface area (Å²) in [5.74, 6) is 0. The number of allylic oxidation sites excluding steroid dienone is 2. The largest absolute Gasteiger partial charge is 0.374 e. The number of hydrogen-bond donors (Lipinski definition) is 0. The normalized spacial score (nSPS) is 38.5. The van der Waals surface area contributed by atoms with E-state index in [0.717, 1.165) is 0 Å². The molecule has 0 radical (unpaired) electrons. The monoisotopic (exact) mass is 222 g/mol. The van der Waals surface area contributed by atoms with E-state index in [2.05, 4.69) is 15.9 Å². The van der Waals surface area contributed by atoms with Crippen LogP contribution in [0.25, 0.3) is 0 Å². The molecule has 2 atom stereocenters. The maximum atomic E-state index is 5.99. The molecule has 0 aliphatic heterocycles. The molecule has 0 fully saturated rings. The first-order chi connectivity index (χ1) is 4.67. The van der Waals surface area contributed by atoms with Gasteiger partial charge >= 0.3 is 0 Å². The zero-order chi connectivity index (χ0) is 7.61. The third-order valence-corrected chi connectivity index (χ3v) is 2.41. The van der Waals surface area contributed by atoms with Crippen molar-refractivity contribution >= 4 is 27.5 Å². The molecule has 1 aliphatic carbocycles. The molecule has 2 unspecified atom stereocenters. The molecular weight excluding hydrogens is 215 g/mol. The summed E-state index contributed by atoms with van der Waals surface area (Å²) in [5.41, 5.74) is 0. The van der Waals surface area contributed by atoms with Crippen LogP contribution in [0, 0.1) is 0 Å². The van der Waals surface area contributed by atoms with Crippen LogP contribution >= 0.6 is 27.5 Å². The summed E-state index contributed by atoms with van der Waals surface area (Å²) in [6.45, 7) is 0. The lowest BCUT2D eigenvalue weighted by Crippen LogP contribution is -2.29. The molecule has 0 aromatic heterocycles. The Morgan fingerprint density at radius 1 is 1.60 bits per heavy atom. The second kappa shape index (κ2) is 3.07. The summed E-state index contributed by atoms with van der Waals surface area (Å²) in [5, 5.41) is 0. The number of alkyl halides is 2. The molecular formula is C7H8BrClO. The van der Waals surface area contributed by atoms with Crippen molar-refractivity contribution in [3.05, 3.63) is 24.3 Å². The van der Waals surface area contributed by atoms with Gasteiger partial charge in [-0.15, -0.1) is 0 Å². The smallest absolute Gasteiger partial charge is 0.147 e. The van der Waals surface area contributed by atoms with E-state index in [0.29, 0.717) is 0 Å². The fraction of sp³-hybridized carbons (Fsp3) is 0.429. The van der Waals surface area contributed by atoms with E-state index in [1.807, 2.05) is 24.3 Å². The molecule has 1 rings (SSSR count). The Morgan fingerprint density at radius 2 is 2.30 bits per heavy atom. The van der Waals surface area contributed by atoms with Crippen molar-refractivity contribution in [3.8, 4) is 0 Å². The van der Waals surface area contributed by atoms with E-state index in [9.17, 15) is 0 Å². The van der Waals surface area contributed by atoms with Crippen LogP contribution < -0.4 is 0 Å². The Bertz CT molecular complexity index is 174. The van der Waals surface area contributed by atoms with E-state index in [-0.39, 0.29) is 6.10 Å². The fourth-order valence-electron chi connectivity index (χ4n) is 0.808. The van der Waals surface area contributed by atoms with Gasteiger partial charge in [0.25, 0.3) is 0 Å². The zero-order valence-corrected chi connectivity index (χ0v) is 7.89. The van der Waals surface area contributed by atoms with Gasteiger partial charge in [-0.05, 0) is 0 Å². The van der Waals surface area contributed by atoms with Crippen LogP contribution in [0.4, 0.5) is 0 Å². The average molecular weight is 223 g/mol. The van der Waals surface area contributed by atoms with Crippen molar-refractivity contribution in [1.82, 2.24) is 0 Å². The predicted octanol–water partition coefficient (Wildman–Crippen LogP) is 2.46. The standard InChI is InChI=1S/C7H8BrClO/c1-10-6-4-2-3-5-7(6,8)9/h2-6H,1H3. The van der Waals surface area contributed by atoms with E-state index in [4.69, 9.17) is 16.3 Å². The van der Waals surface area contributed by atoms with Gasteiger partial charge in [0.15, 0.2) is 0 Å². The Morgan fingerprint density at radius 3 is 2.70 bits per heavy atom. The van der Waals surface area contributed by atoms with Gasteiger partial charge in [-0.1, -0.05) is 51.8 Å². The first-order valence-corrected chi connectivity index (χ1v) is 4.10. The number of ether oxygens (including phenoxy) is 1. The van der Waals surface area contributed by atoms with E-state index >= 15 is 0 Å². The van der Waals surface area contributed by atoms with Gasteiger partial charge in [0.05, 0.1) is 0 Å². The number of hydrogen-bond acceptors (Lipinski definition) is 1. The highest BCUT2D eigenvalue weighted by atomic mass is 79.9. The maximum absolute atomic E-state index is 5.99. The quantitative estimate of drug-likeness (QED) is 0.621. The van der Waals surface area contributed by atoms with Crippen LogP contribution in [-0.4, -0.2) is 17.0 Å². The average Bonchev–Trinajstić information content (AvgIpc) is 1.87. The summed E-state index contributed by atoms with van der Waals surface area (Å²) in [4.78, 5) is 0. The second-order valence-electron chi connectivity index (χ2n) is 2.07. The van der Waals surface area contributed by atoms with Gasteiger partial charge in [0, 0.05) is 7.11 Å². The molecule has 0 N–H and O–H groups in total. The molecule has 3 heteroatoms. The molecule has 1 aliphatic rings. The Kier molecular flexibility index (Phi) is 2.55. The van der Waals surface area contributed by atoms with Crippen molar-refractivity contribution in [2.75, 3.05) is 7.11 Å². The van der Waals surface area contributed by atoms with Crippen LogP contribution in [0.1, 0.15) is 0 Å². The van der Waals surface area contributed by atoms with Crippen LogP contribution in [0.3, 0.4) is 0 Å². The highest BCUT2D eigenvalue weighted by Gasteiger charge is 2.30. The van der Waals surface area contributed by atoms with E-state index in [1.54, 1.807) is 7.11 Å². The topological polar surface area (TPSA) is 9.23 Å². The highest BCUT2D eigenvalue weighted by Crippen LogP contribution is 2.33. The molecule has 1 nitrogen and oxygen atoms in total. The zero-order valence-electron chi connectivity index (χ0n) is 5.55. The lowest BCUT2D eigenvalue weighted by Gasteiger charge is -2.25. The van der Waals surface area contributed by atoms with Crippen LogP contribution in [-0.2, 0) is 4.74 Å². The van der Waals surface area contributed by atoms with Gasteiger partial charge in [0.2, 0.25) is 0 Å². The lowest BCUT2D eigenvalue weighted by molar-refractivity contribution is 0.139. The SMILES string of the molecule is COC1C=CC=CC1(Cl)Br. The van der Waals surface area contributed by atoms with Gasteiger partial charge in [-0.3, -0.25) is 0 Å². The number of methoxy groups -OCH3 is 1. The van der Waals surface area contributed by atoms with Gasteiger partial charge in [-0.25, -0.2) is 0 Å². The summed E-state index contributed by atoms with van der Waals surface area (Å²) < 4.78 is 4.53. The molecule has 56 valence electrons. The van der Waals surface area contributed by atoms with E-state index in [1.165, 1.54) is 0 Å². The molecule has 0 amide bonds. The van der Waals surface area contributed by atoms with Gasteiger partial charge in [-0.2, -0.15) is 0 Å². The molecule has 10 heavy (non-hydrogen) atoms. The minimum absolute atomic E-state index is 0.0841. The molecule has 0 saturated heterocycles. The number of rotatable bonds is 1. The third-order valence-electron chi connectivity index (χ3n) is 1.35. The minimum Gasteiger partial charge on any atom is -0.374 e. The summed E-state index contributed by atoms with van der Waals surface area (Å²) >= 11 is 9.31. The third kappa shape index (κ3) is 1.62. The molecule has 0 spiro atoms. The molecule has 0 aromatic carbocycles. The molecule has 0 heterocycles. The van der Waals surface area contributed by atoms with Crippen molar-refractivity contribution in [2.45, 2.75) is 9.89 Å². The van der Waals surface area contributed by atoms with Crippen LogP contribution in [0.15, 0.2) is 24.3 Å². The Balaban J connectivity index is 2.74. The van der Waals surface area contributed by atoms with Crippen molar-refractivity contribution in [1.29, 1.82) is 0 Å². The maximum Gasteiger partial charge on any atom is 0.147 e.